The van der Waals surface area contributed by atoms with Gasteiger partial charge in [0.1, 0.15) is 5.75 Å². The van der Waals surface area contributed by atoms with Crippen molar-refractivity contribution < 1.29 is 9.47 Å². The Morgan fingerprint density at radius 3 is 2.50 bits per heavy atom. The molecule has 0 saturated heterocycles. The molecule has 90 valence electrons. The van der Waals surface area contributed by atoms with Crippen LogP contribution in [0.2, 0.25) is 0 Å². The molecule has 0 aromatic heterocycles. The van der Waals surface area contributed by atoms with Crippen LogP contribution in [0.5, 0.6) is 5.75 Å². The molecule has 1 aromatic carbocycles. The first kappa shape index (κ1) is 13.0. The maximum absolute atomic E-state index is 5.38. The van der Waals surface area contributed by atoms with Gasteiger partial charge in [0.2, 0.25) is 0 Å². The largest absolute Gasteiger partial charge is 0.494 e. The Morgan fingerprint density at radius 2 is 1.94 bits per heavy atom. The van der Waals surface area contributed by atoms with Crippen LogP contribution < -0.4 is 10.1 Å². The van der Waals surface area contributed by atoms with Crippen molar-refractivity contribution in [1.29, 1.82) is 0 Å². The molecule has 1 N–H and O–H groups in total. The molecule has 0 saturated carbocycles. The molecule has 1 atom stereocenters. The van der Waals surface area contributed by atoms with Crippen LogP contribution >= 0.6 is 0 Å². The summed E-state index contributed by atoms with van der Waals surface area (Å²) in [5.41, 5.74) is 1.26. The number of hydrogen-bond acceptors (Lipinski definition) is 3. The molecule has 0 bridgehead atoms. The molecule has 0 aliphatic rings. The zero-order valence-corrected chi connectivity index (χ0v) is 10.3. The summed E-state index contributed by atoms with van der Waals surface area (Å²) in [4.78, 5) is 0. The van der Waals surface area contributed by atoms with Gasteiger partial charge in [-0.15, -0.1) is 0 Å². The second-order valence-corrected chi connectivity index (χ2v) is 3.75. The maximum Gasteiger partial charge on any atom is 0.119 e. The van der Waals surface area contributed by atoms with Crippen LogP contribution in [-0.4, -0.2) is 26.4 Å². The topological polar surface area (TPSA) is 30.5 Å². The summed E-state index contributed by atoms with van der Waals surface area (Å²) in [6, 6.07) is 8.16. The highest BCUT2D eigenvalue weighted by Gasteiger charge is 1.99. The number of methoxy groups -OCH3 is 1. The summed E-state index contributed by atoms with van der Waals surface area (Å²) in [5, 5.41) is 3.34. The zero-order valence-electron chi connectivity index (χ0n) is 10.3. The molecule has 0 fully saturated rings. The second kappa shape index (κ2) is 7.25. The number of rotatable bonds is 7. The molecule has 0 radical (unpaired) electrons. The first-order chi connectivity index (χ1) is 7.76. The Balaban J connectivity index is 2.31. The highest BCUT2D eigenvalue weighted by Crippen LogP contribution is 2.11. The number of benzene rings is 1. The third kappa shape index (κ3) is 4.64. The molecule has 3 heteroatoms. The molecule has 3 nitrogen and oxygen atoms in total. The second-order valence-electron chi connectivity index (χ2n) is 3.75. The first-order valence-corrected chi connectivity index (χ1v) is 5.71. The molecule has 0 heterocycles. The van der Waals surface area contributed by atoms with Crippen LogP contribution in [0.4, 0.5) is 0 Å². The van der Waals surface area contributed by atoms with E-state index in [0.717, 1.165) is 18.8 Å². The van der Waals surface area contributed by atoms with Crippen molar-refractivity contribution >= 4 is 0 Å². The quantitative estimate of drug-likeness (QED) is 0.768. The Kier molecular flexibility index (Phi) is 5.90. The molecular formula is C13H21NO2. The molecule has 1 aromatic rings. The van der Waals surface area contributed by atoms with Crippen LogP contribution in [0.3, 0.4) is 0 Å². The Morgan fingerprint density at radius 1 is 1.25 bits per heavy atom. The van der Waals surface area contributed by atoms with Crippen molar-refractivity contribution in [1.82, 2.24) is 5.32 Å². The van der Waals surface area contributed by atoms with Crippen LogP contribution in [0.25, 0.3) is 0 Å². The highest BCUT2D eigenvalue weighted by molar-refractivity contribution is 5.27. The Hall–Kier alpha value is -1.06. The van der Waals surface area contributed by atoms with E-state index in [4.69, 9.17) is 9.47 Å². The van der Waals surface area contributed by atoms with Crippen molar-refractivity contribution in [2.75, 3.05) is 20.3 Å². The van der Waals surface area contributed by atoms with Crippen molar-refractivity contribution in [3.8, 4) is 5.75 Å². The van der Waals surface area contributed by atoms with Crippen molar-refractivity contribution in [3.05, 3.63) is 29.8 Å². The van der Waals surface area contributed by atoms with Gasteiger partial charge >= 0.3 is 0 Å². The molecule has 1 unspecified atom stereocenters. The number of ether oxygens (including phenoxy) is 2. The fourth-order valence-corrected chi connectivity index (χ4v) is 1.37. The number of nitrogens with one attached hydrogen (secondary N) is 1. The van der Waals surface area contributed by atoms with Crippen LogP contribution in [0.1, 0.15) is 19.4 Å². The SMILES string of the molecule is CCOc1ccc(CNCC(C)OC)cc1. The van der Waals surface area contributed by atoms with Gasteiger partial charge in [0.05, 0.1) is 12.7 Å². The van der Waals surface area contributed by atoms with E-state index in [1.165, 1.54) is 5.56 Å². The van der Waals surface area contributed by atoms with E-state index in [1.807, 2.05) is 26.0 Å². The van der Waals surface area contributed by atoms with E-state index in [0.29, 0.717) is 6.61 Å². The normalized spacial score (nSPS) is 12.4. The smallest absolute Gasteiger partial charge is 0.119 e. The molecular weight excluding hydrogens is 202 g/mol. The van der Waals surface area contributed by atoms with Gasteiger partial charge in [0.25, 0.3) is 0 Å². The lowest BCUT2D eigenvalue weighted by molar-refractivity contribution is 0.117. The van der Waals surface area contributed by atoms with E-state index < -0.39 is 0 Å². The van der Waals surface area contributed by atoms with Crippen LogP contribution in [0, 0.1) is 0 Å². The summed E-state index contributed by atoms with van der Waals surface area (Å²) in [6.45, 7) is 6.47. The van der Waals surface area contributed by atoms with Gasteiger partial charge < -0.3 is 14.8 Å². The monoisotopic (exact) mass is 223 g/mol. The van der Waals surface area contributed by atoms with Crippen molar-refractivity contribution in [3.63, 3.8) is 0 Å². The lowest BCUT2D eigenvalue weighted by atomic mass is 10.2. The van der Waals surface area contributed by atoms with Gasteiger partial charge in [0, 0.05) is 20.2 Å². The summed E-state index contributed by atoms with van der Waals surface area (Å²) in [6.07, 6.45) is 0.252. The lowest BCUT2D eigenvalue weighted by Gasteiger charge is -2.11. The number of hydrogen-bond donors (Lipinski definition) is 1. The van der Waals surface area contributed by atoms with Gasteiger partial charge in [-0.3, -0.25) is 0 Å². The van der Waals surface area contributed by atoms with Crippen molar-refractivity contribution in [2.24, 2.45) is 0 Å². The molecule has 16 heavy (non-hydrogen) atoms. The third-order valence-corrected chi connectivity index (χ3v) is 2.40. The lowest BCUT2D eigenvalue weighted by Crippen LogP contribution is -2.25. The molecule has 0 spiro atoms. The predicted molar refractivity (Wildman–Crippen MR) is 65.8 cm³/mol. The van der Waals surface area contributed by atoms with E-state index >= 15 is 0 Å². The minimum Gasteiger partial charge on any atom is -0.494 e. The van der Waals surface area contributed by atoms with E-state index in [9.17, 15) is 0 Å². The average Bonchev–Trinajstić information content (AvgIpc) is 2.31. The zero-order chi connectivity index (χ0) is 11.8. The van der Waals surface area contributed by atoms with Gasteiger partial charge in [0.15, 0.2) is 0 Å². The summed E-state index contributed by atoms with van der Waals surface area (Å²) < 4.78 is 10.5. The van der Waals surface area contributed by atoms with E-state index in [2.05, 4.69) is 17.4 Å². The molecule has 0 aliphatic heterocycles. The van der Waals surface area contributed by atoms with Crippen molar-refractivity contribution in [2.45, 2.75) is 26.5 Å². The Bertz CT molecular complexity index is 284. The van der Waals surface area contributed by atoms with E-state index in [-0.39, 0.29) is 6.10 Å². The summed E-state index contributed by atoms with van der Waals surface area (Å²) in [7, 11) is 1.73. The summed E-state index contributed by atoms with van der Waals surface area (Å²) in [5.74, 6) is 0.927. The van der Waals surface area contributed by atoms with Gasteiger partial charge in [-0.1, -0.05) is 12.1 Å². The minimum absolute atomic E-state index is 0.252. The average molecular weight is 223 g/mol. The summed E-state index contributed by atoms with van der Waals surface area (Å²) >= 11 is 0. The fourth-order valence-electron chi connectivity index (χ4n) is 1.37. The highest BCUT2D eigenvalue weighted by atomic mass is 16.5. The molecule has 0 amide bonds. The third-order valence-electron chi connectivity index (χ3n) is 2.40. The van der Waals surface area contributed by atoms with Crippen LogP contribution in [0.15, 0.2) is 24.3 Å². The van der Waals surface area contributed by atoms with Crippen LogP contribution in [-0.2, 0) is 11.3 Å². The standard InChI is InChI=1S/C13H21NO2/c1-4-16-13-7-5-12(6-8-13)10-14-9-11(2)15-3/h5-8,11,14H,4,9-10H2,1-3H3. The Labute approximate surface area is 97.8 Å². The van der Waals surface area contributed by atoms with Gasteiger partial charge in [-0.05, 0) is 31.5 Å². The van der Waals surface area contributed by atoms with Gasteiger partial charge in [-0.25, -0.2) is 0 Å². The first-order valence-electron chi connectivity index (χ1n) is 5.71. The fraction of sp³-hybridized carbons (Fsp3) is 0.538. The molecule has 0 aliphatic carbocycles. The predicted octanol–water partition coefficient (Wildman–Crippen LogP) is 2.21. The van der Waals surface area contributed by atoms with Gasteiger partial charge in [-0.2, -0.15) is 0 Å². The molecule has 1 rings (SSSR count). The minimum atomic E-state index is 0.252. The van der Waals surface area contributed by atoms with E-state index in [1.54, 1.807) is 7.11 Å². The maximum atomic E-state index is 5.38.